The molecule has 4 nitrogen and oxygen atoms in total. The zero-order valence-corrected chi connectivity index (χ0v) is 11.2. The Kier molecular flexibility index (Phi) is 4.89. The molecule has 0 saturated carbocycles. The summed E-state index contributed by atoms with van der Waals surface area (Å²) in [5.74, 6) is -3.09. The van der Waals surface area contributed by atoms with Gasteiger partial charge in [-0.25, -0.2) is 13.6 Å². The molecular formula is C14H18F2N2O2. The Hall–Kier alpha value is -1.69. The van der Waals surface area contributed by atoms with E-state index in [9.17, 15) is 13.6 Å². The zero-order chi connectivity index (χ0) is 14.5. The van der Waals surface area contributed by atoms with Crippen LogP contribution < -0.4 is 5.32 Å². The Morgan fingerprint density at radius 3 is 2.35 bits per heavy atom. The lowest BCUT2D eigenvalue weighted by Crippen LogP contribution is -2.33. The molecule has 6 heteroatoms. The smallest absolute Gasteiger partial charge is 0.335 e. The predicted octanol–water partition coefficient (Wildman–Crippen LogP) is 2.56. The van der Waals surface area contributed by atoms with Gasteiger partial charge in [-0.05, 0) is 38.1 Å². The summed E-state index contributed by atoms with van der Waals surface area (Å²) in [5.41, 5.74) is -0.645. The molecule has 1 aliphatic rings. The van der Waals surface area contributed by atoms with Gasteiger partial charge in [-0.3, -0.25) is 0 Å². The lowest BCUT2D eigenvalue weighted by atomic mass is 10.1. The van der Waals surface area contributed by atoms with Crippen LogP contribution in [0.4, 0.5) is 14.5 Å². The van der Waals surface area contributed by atoms with Crippen molar-refractivity contribution in [1.82, 2.24) is 4.90 Å². The van der Waals surface area contributed by atoms with Gasteiger partial charge in [0.2, 0.25) is 0 Å². The van der Waals surface area contributed by atoms with E-state index < -0.39 is 17.6 Å². The van der Waals surface area contributed by atoms with E-state index in [2.05, 4.69) is 10.2 Å². The molecule has 0 atom stereocenters. The van der Waals surface area contributed by atoms with Crippen LogP contribution in [-0.2, 0) is 0 Å². The van der Waals surface area contributed by atoms with E-state index >= 15 is 0 Å². The van der Waals surface area contributed by atoms with Crippen molar-refractivity contribution in [3.8, 4) is 0 Å². The molecule has 0 aliphatic carbocycles. The second kappa shape index (κ2) is 6.65. The van der Waals surface area contributed by atoms with Gasteiger partial charge < -0.3 is 15.3 Å². The normalized spacial score (nSPS) is 16.1. The van der Waals surface area contributed by atoms with Crippen LogP contribution >= 0.6 is 0 Å². The van der Waals surface area contributed by atoms with Crippen LogP contribution in [0.15, 0.2) is 12.1 Å². The van der Waals surface area contributed by atoms with Crippen molar-refractivity contribution in [2.75, 3.05) is 31.5 Å². The van der Waals surface area contributed by atoms with Crippen molar-refractivity contribution in [1.29, 1.82) is 0 Å². The highest BCUT2D eigenvalue weighted by Crippen LogP contribution is 2.20. The van der Waals surface area contributed by atoms with E-state index in [-0.39, 0.29) is 11.3 Å². The van der Waals surface area contributed by atoms with E-state index in [0.717, 1.165) is 44.6 Å². The topological polar surface area (TPSA) is 52.6 Å². The summed E-state index contributed by atoms with van der Waals surface area (Å²) in [7, 11) is 0. The van der Waals surface area contributed by atoms with Crippen molar-refractivity contribution in [3.63, 3.8) is 0 Å². The van der Waals surface area contributed by atoms with Crippen molar-refractivity contribution in [2.45, 2.75) is 19.3 Å². The summed E-state index contributed by atoms with van der Waals surface area (Å²) in [6, 6.07) is 1.66. The summed E-state index contributed by atoms with van der Waals surface area (Å²) in [6.07, 6.45) is 3.57. The van der Waals surface area contributed by atoms with Crippen molar-refractivity contribution < 1.29 is 18.7 Å². The number of nitrogens with one attached hydrogen (secondary N) is 1. The number of hydrogen-bond donors (Lipinski definition) is 2. The van der Waals surface area contributed by atoms with Crippen LogP contribution in [0, 0.1) is 11.6 Å². The number of aromatic carboxylic acids is 1. The van der Waals surface area contributed by atoms with E-state index in [4.69, 9.17) is 5.11 Å². The Balaban J connectivity index is 1.93. The lowest BCUT2D eigenvalue weighted by molar-refractivity contribution is 0.0696. The number of carboxylic acid groups (broad SMARTS) is 1. The predicted molar refractivity (Wildman–Crippen MR) is 72.1 cm³/mol. The first-order chi connectivity index (χ1) is 9.58. The van der Waals surface area contributed by atoms with Crippen molar-refractivity contribution in [3.05, 3.63) is 29.3 Å². The molecule has 110 valence electrons. The second-order valence-corrected chi connectivity index (χ2v) is 4.95. The molecule has 20 heavy (non-hydrogen) atoms. The standard InChI is InChI=1S/C14H18F2N2O2/c15-11-8-10(14(19)20)9-12(16)13(11)17-4-7-18-5-2-1-3-6-18/h8-9,17H,1-7H2,(H,19,20). The van der Waals surface area contributed by atoms with Gasteiger partial charge in [0.05, 0.1) is 5.56 Å². The molecule has 1 aliphatic heterocycles. The maximum Gasteiger partial charge on any atom is 0.335 e. The molecule has 1 aromatic carbocycles. The number of anilines is 1. The van der Waals surface area contributed by atoms with Crippen LogP contribution in [0.2, 0.25) is 0 Å². The number of rotatable bonds is 5. The zero-order valence-electron chi connectivity index (χ0n) is 11.2. The SMILES string of the molecule is O=C(O)c1cc(F)c(NCCN2CCCCC2)c(F)c1. The minimum Gasteiger partial charge on any atom is -0.478 e. The van der Waals surface area contributed by atoms with Gasteiger partial charge in [0.1, 0.15) is 17.3 Å². The third-order valence-corrected chi connectivity index (χ3v) is 3.47. The van der Waals surface area contributed by atoms with E-state index in [1.807, 2.05) is 0 Å². The first kappa shape index (κ1) is 14.7. The third-order valence-electron chi connectivity index (χ3n) is 3.47. The Bertz CT molecular complexity index is 465. The minimum atomic E-state index is -1.34. The number of likely N-dealkylation sites (tertiary alicyclic amines) is 1. The first-order valence-corrected chi connectivity index (χ1v) is 6.76. The van der Waals surface area contributed by atoms with Crippen LogP contribution in [0.1, 0.15) is 29.6 Å². The summed E-state index contributed by atoms with van der Waals surface area (Å²) >= 11 is 0. The molecule has 0 amide bonds. The minimum absolute atomic E-state index is 0.257. The number of carbonyl (C=O) groups is 1. The highest BCUT2D eigenvalue weighted by Gasteiger charge is 2.15. The molecule has 1 heterocycles. The average Bonchev–Trinajstić information content (AvgIpc) is 2.42. The number of nitrogens with zero attached hydrogens (tertiary/aromatic N) is 1. The number of piperidine rings is 1. The van der Waals surface area contributed by atoms with Crippen molar-refractivity contribution in [2.24, 2.45) is 0 Å². The van der Waals surface area contributed by atoms with Gasteiger partial charge in [-0.15, -0.1) is 0 Å². The van der Waals surface area contributed by atoms with Crippen molar-refractivity contribution >= 4 is 11.7 Å². The molecule has 0 bridgehead atoms. The monoisotopic (exact) mass is 284 g/mol. The quantitative estimate of drug-likeness (QED) is 0.872. The van der Waals surface area contributed by atoms with Gasteiger partial charge in [-0.1, -0.05) is 6.42 Å². The summed E-state index contributed by atoms with van der Waals surface area (Å²) in [4.78, 5) is 12.9. The maximum atomic E-state index is 13.7. The summed E-state index contributed by atoms with van der Waals surface area (Å²) in [5, 5.41) is 11.4. The number of benzene rings is 1. The molecule has 2 rings (SSSR count). The van der Waals surface area contributed by atoms with Gasteiger partial charge in [0, 0.05) is 13.1 Å². The Morgan fingerprint density at radius 1 is 1.20 bits per heavy atom. The molecule has 1 fully saturated rings. The van der Waals surface area contributed by atoms with Gasteiger partial charge in [-0.2, -0.15) is 0 Å². The fourth-order valence-electron chi connectivity index (χ4n) is 2.39. The molecular weight excluding hydrogens is 266 g/mol. The molecule has 0 spiro atoms. The highest BCUT2D eigenvalue weighted by atomic mass is 19.1. The molecule has 1 saturated heterocycles. The number of carboxylic acids is 1. The fourth-order valence-corrected chi connectivity index (χ4v) is 2.39. The van der Waals surface area contributed by atoms with Crippen LogP contribution in [0.3, 0.4) is 0 Å². The van der Waals surface area contributed by atoms with Gasteiger partial charge in [0.15, 0.2) is 0 Å². The van der Waals surface area contributed by atoms with Gasteiger partial charge in [0.25, 0.3) is 0 Å². The Labute approximate surface area is 116 Å². The maximum absolute atomic E-state index is 13.7. The molecule has 0 unspecified atom stereocenters. The van der Waals surface area contributed by atoms with E-state index in [0.29, 0.717) is 6.54 Å². The summed E-state index contributed by atoms with van der Waals surface area (Å²) in [6.45, 7) is 3.19. The molecule has 0 aromatic heterocycles. The summed E-state index contributed by atoms with van der Waals surface area (Å²) < 4.78 is 27.3. The number of halogens is 2. The third kappa shape index (κ3) is 3.66. The highest BCUT2D eigenvalue weighted by molar-refractivity contribution is 5.88. The molecule has 0 radical (unpaired) electrons. The van der Waals surface area contributed by atoms with Crippen LogP contribution in [0.25, 0.3) is 0 Å². The second-order valence-electron chi connectivity index (χ2n) is 4.95. The Morgan fingerprint density at radius 2 is 1.80 bits per heavy atom. The lowest BCUT2D eigenvalue weighted by Gasteiger charge is -2.26. The van der Waals surface area contributed by atoms with E-state index in [1.165, 1.54) is 6.42 Å². The molecule has 1 aromatic rings. The first-order valence-electron chi connectivity index (χ1n) is 6.76. The van der Waals surface area contributed by atoms with Gasteiger partial charge >= 0.3 is 5.97 Å². The average molecular weight is 284 g/mol. The molecule has 2 N–H and O–H groups in total. The fraction of sp³-hybridized carbons (Fsp3) is 0.500. The van der Waals surface area contributed by atoms with E-state index in [1.54, 1.807) is 0 Å². The van der Waals surface area contributed by atoms with Crippen LogP contribution in [0.5, 0.6) is 0 Å². The van der Waals surface area contributed by atoms with Crippen LogP contribution in [-0.4, -0.2) is 42.2 Å². The largest absolute Gasteiger partial charge is 0.478 e. The number of hydrogen-bond acceptors (Lipinski definition) is 3.